The number of non-ortho nitro benzene ring substituents is 1. The van der Waals surface area contributed by atoms with Gasteiger partial charge in [-0.2, -0.15) is 0 Å². The van der Waals surface area contributed by atoms with E-state index in [0.717, 1.165) is 0 Å². The van der Waals surface area contributed by atoms with E-state index in [1.165, 1.54) is 24.3 Å². The van der Waals surface area contributed by atoms with Gasteiger partial charge < -0.3 is 25.5 Å². The van der Waals surface area contributed by atoms with Gasteiger partial charge in [0.15, 0.2) is 0 Å². The van der Waals surface area contributed by atoms with E-state index in [-0.39, 0.29) is 28.4 Å². The predicted molar refractivity (Wildman–Crippen MR) is 117 cm³/mol. The van der Waals surface area contributed by atoms with E-state index >= 15 is 0 Å². The largest absolute Gasteiger partial charge is 0.478 e. The summed E-state index contributed by atoms with van der Waals surface area (Å²) in [6.07, 6.45) is 0.0497. The summed E-state index contributed by atoms with van der Waals surface area (Å²) in [5.74, 6) is -3.71. The van der Waals surface area contributed by atoms with Crippen molar-refractivity contribution in [3.05, 3.63) is 62.5 Å². The van der Waals surface area contributed by atoms with Crippen LogP contribution in [0.3, 0.4) is 0 Å². The van der Waals surface area contributed by atoms with Crippen LogP contribution in [0.1, 0.15) is 45.6 Å². The summed E-state index contributed by atoms with van der Waals surface area (Å²) in [5, 5.41) is 43.9. The van der Waals surface area contributed by atoms with Crippen LogP contribution in [-0.4, -0.2) is 62.3 Å². The van der Waals surface area contributed by atoms with E-state index in [2.05, 4.69) is 5.32 Å². The number of hydrogen-bond acceptors (Lipinski definition) is 7. The first kappa shape index (κ1) is 25.0. The van der Waals surface area contributed by atoms with E-state index in [1.807, 2.05) is 6.92 Å². The molecule has 10 nitrogen and oxygen atoms in total. The average molecular weight is 447 g/mol. The zero-order valence-electron chi connectivity index (χ0n) is 18.5. The Balaban J connectivity index is 2.47. The molecule has 0 saturated heterocycles. The lowest BCUT2D eigenvalue weighted by Crippen LogP contribution is -2.38. The number of carboxylic acid groups (broad SMARTS) is 2. The second kappa shape index (κ2) is 10.4. The first-order valence-electron chi connectivity index (χ1n) is 10.3. The number of hydrogen-bond donors (Lipinski definition) is 4. The fraction of sp³-hybridized carbons (Fsp3) is 0.455. The van der Waals surface area contributed by atoms with E-state index in [1.54, 1.807) is 25.7 Å². The van der Waals surface area contributed by atoms with Crippen LogP contribution in [0.2, 0.25) is 0 Å². The molecule has 0 spiro atoms. The molecule has 174 valence electrons. The molecule has 0 aliphatic carbocycles. The summed E-state index contributed by atoms with van der Waals surface area (Å²) in [6.45, 7) is 7.66. The fourth-order valence-corrected chi connectivity index (χ4v) is 3.89. The van der Waals surface area contributed by atoms with Gasteiger partial charge in [0.1, 0.15) is 0 Å². The van der Waals surface area contributed by atoms with Crippen molar-refractivity contribution in [2.24, 2.45) is 0 Å². The summed E-state index contributed by atoms with van der Waals surface area (Å²) in [6, 6.07) is 5.29. The molecule has 1 aliphatic rings. The third-order valence-electron chi connectivity index (χ3n) is 5.79. The second-order valence-electron chi connectivity index (χ2n) is 7.88. The lowest BCUT2D eigenvalue weighted by Gasteiger charge is -2.37. The highest BCUT2D eigenvalue weighted by atomic mass is 16.6. The van der Waals surface area contributed by atoms with Crippen molar-refractivity contribution in [3.8, 4) is 0 Å². The van der Waals surface area contributed by atoms with Crippen LogP contribution in [0.5, 0.6) is 0 Å². The first-order chi connectivity index (χ1) is 15.0. The molecule has 0 bridgehead atoms. The number of rotatable bonds is 10. The van der Waals surface area contributed by atoms with Crippen LogP contribution in [0.15, 0.2) is 46.8 Å². The van der Waals surface area contributed by atoms with Gasteiger partial charge in [-0.25, -0.2) is 9.59 Å². The molecule has 4 N–H and O–H groups in total. The summed E-state index contributed by atoms with van der Waals surface area (Å²) in [7, 11) is 0. The molecule has 1 aliphatic heterocycles. The number of nitro groups is 1. The number of carboxylic acids is 2. The van der Waals surface area contributed by atoms with Gasteiger partial charge in [-0.15, -0.1) is 0 Å². The number of aliphatic hydroxyl groups is 1. The molecule has 0 aromatic heterocycles. The number of aliphatic carboxylic acids is 2. The minimum Gasteiger partial charge on any atom is -0.478 e. The highest BCUT2D eigenvalue weighted by Crippen LogP contribution is 2.42. The van der Waals surface area contributed by atoms with Gasteiger partial charge in [0, 0.05) is 36.1 Å². The number of allylic oxidation sites excluding steroid dienone is 2. The molecule has 2 atom stereocenters. The van der Waals surface area contributed by atoms with Crippen molar-refractivity contribution in [2.75, 3.05) is 13.1 Å². The van der Waals surface area contributed by atoms with Crippen LogP contribution in [-0.2, 0) is 9.59 Å². The van der Waals surface area contributed by atoms with Gasteiger partial charge in [-0.05, 0) is 46.2 Å². The molecule has 1 aromatic carbocycles. The van der Waals surface area contributed by atoms with E-state index < -0.39 is 28.9 Å². The van der Waals surface area contributed by atoms with E-state index in [9.17, 15) is 35.0 Å². The highest BCUT2D eigenvalue weighted by Gasteiger charge is 2.39. The highest BCUT2D eigenvalue weighted by molar-refractivity contribution is 5.98. The van der Waals surface area contributed by atoms with Gasteiger partial charge >= 0.3 is 11.9 Å². The minimum absolute atomic E-state index is 0.118. The van der Waals surface area contributed by atoms with E-state index in [0.29, 0.717) is 30.9 Å². The van der Waals surface area contributed by atoms with Crippen LogP contribution < -0.4 is 5.32 Å². The molecule has 0 radical (unpaired) electrons. The Morgan fingerprint density at radius 2 is 1.72 bits per heavy atom. The Kier molecular flexibility index (Phi) is 8.12. The van der Waals surface area contributed by atoms with Crippen LogP contribution in [0, 0.1) is 10.1 Å². The molecular weight excluding hydrogens is 418 g/mol. The normalized spacial score (nSPS) is 16.8. The molecule has 10 heteroatoms. The maximum Gasteiger partial charge on any atom is 0.334 e. The summed E-state index contributed by atoms with van der Waals surface area (Å²) in [4.78, 5) is 36.7. The third-order valence-corrected chi connectivity index (χ3v) is 5.79. The molecule has 0 saturated carbocycles. The topological polar surface area (TPSA) is 153 Å². The fourth-order valence-electron chi connectivity index (χ4n) is 3.89. The van der Waals surface area contributed by atoms with Gasteiger partial charge in [-0.3, -0.25) is 10.1 Å². The Morgan fingerprint density at radius 1 is 1.16 bits per heavy atom. The number of nitrogens with zero attached hydrogens (tertiary/aromatic N) is 2. The smallest absolute Gasteiger partial charge is 0.334 e. The van der Waals surface area contributed by atoms with Crippen molar-refractivity contribution in [2.45, 2.75) is 52.2 Å². The molecule has 0 fully saturated rings. The minimum atomic E-state index is -1.28. The lowest BCUT2D eigenvalue weighted by atomic mass is 9.79. The molecular formula is C22H29N3O7. The van der Waals surface area contributed by atoms with Crippen molar-refractivity contribution in [1.29, 1.82) is 0 Å². The summed E-state index contributed by atoms with van der Waals surface area (Å²) < 4.78 is 0. The standard InChI is InChI=1S/C22H29N3O7/c1-12(15(4)26)23-9-6-10-24-13(2)18(21(27)28)20(19(14(24)3)22(29)30)16-7-5-8-17(11-16)25(31)32/h5,7-8,11-12,15,20,23,26H,6,9-10H2,1-4H3,(H,27,28)(H,29,30). The third kappa shape index (κ3) is 5.32. The Bertz CT molecular complexity index is 930. The van der Waals surface area contributed by atoms with Crippen LogP contribution >= 0.6 is 0 Å². The Labute approximate surface area is 186 Å². The zero-order valence-corrected chi connectivity index (χ0v) is 18.5. The molecule has 1 heterocycles. The van der Waals surface area contributed by atoms with Gasteiger partial charge in [-0.1, -0.05) is 12.1 Å². The number of aliphatic hydroxyl groups excluding tert-OH is 1. The quantitative estimate of drug-likeness (QED) is 0.241. The first-order valence-corrected chi connectivity index (χ1v) is 10.3. The Morgan fingerprint density at radius 3 is 2.19 bits per heavy atom. The summed E-state index contributed by atoms with van der Waals surface area (Å²) in [5.41, 5.74) is 0.519. The molecule has 32 heavy (non-hydrogen) atoms. The SMILES string of the molecule is CC1=C(C(=O)O)C(c2cccc([N+](=O)[O-])c2)C(C(=O)O)=C(C)N1CCCNC(C)C(C)O. The van der Waals surface area contributed by atoms with Crippen molar-refractivity contribution in [1.82, 2.24) is 10.2 Å². The lowest BCUT2D eigenvalue weighted by molar-refractivity contribution is -0.384. The van der Waals surface area contributed by atoms with Gasteiger partial charge in [0.05, 0.1) is 28.1 Å². The maximum absolute atomic E-state index is 12.2. The number of carbonyl (C=O) groups is 2. The molecule has 2 unspecified atom stereocenters. The predicted octanol–water partition coefficient (Wildman–Crippen LogP) is 2.46. The molecule has 2 rings (SSSR count). The van der Waals surface area contributed by atoms with Crippen molar-refractivity contribution < 1.29 is 29.8 Å². The van der Waals surface area contributed by atoms with Gasteiger partial charge in [0.25, 0.3) is 5.69 Å². The maximum atomic E-state index is 12.2. The monoisotopic (exact) mass is 447 g/mol. The van der Waals surface area contributed by atoms with Crippen molar-refractivity contribution in [3.63, 3.8) is 0 Å². The average Bonchev–Trinajstić information content (AvgIpc) is 2.71. The summed E-state index contributed by atoms with van der Waals surface area (Å²) >= 11 is 0. The number of benzene rings is 1. The molecule has 1 aromatic rings. The zero-order chi connectivity index (χ0) is 24.2. The van der Waals surface area contributed by atoms with E-state index in [4.69, 9.17) is 0 Å². The number of nitro benzene ring substituents is 1. The van der Waals surface area contributed by atoms with Gasteiger partial charge in [0.2, 0.25) is 0 Å². The second-order valence-corrected chi connectivity index (χ2v) is 7.88. The van der Waals surface area contributed by atoms with Crippen LogP contribution in [0.4, 0.5) is 5.69 Å². The van der Waals surface area contributed by atoms with Crippen LogP contribution in [0.25, 0.3) is 0 Å². The van der Waals surface area contributed by atoms with Crippen molar-refractivity contribution >= 4 is 17.6 Å². The number of nitrogens with one attached hydrogen (secondary N) is 1. The molecule has 0 amide bonds. The Hall–Kier alpha value is -3.24.